The van der Waals surface area contributed by atoms with E-state index in [1.807, 2.05) is 19.1 Å². The molecule has 1 unspecified atom stereocenters. The fraction of sp³-hybridized carbons (Fsp3) is 0.444. The summed E-state index contributed by atoms with van der Waals surface area (Å²) in [6.45, 7) is 6.88. The molecular weight excluding hydrogens is 290 g/mol. The predicted molar refractivity (Wildman–Crippen MR) is 87.8 cm³/mol. The van der Waals surface area contributed by atoms with Crippen LogP contribution in [0.25, 0.3) is 11.3 Å². The van der Waals surface area contributed by atoms with E-state index in [-0.39, 0.29) is 17.3 Å². The summed E-state index contributed by atoms with van der Waals surface area (Å²) in [7, 11) is 0. The van der Waals surface area contributed by atoms with Gasteiger partial charge in [0.1, 0.15) is 23.2 Å². The molecule has 0 bridgehead atoms. The summed E-state index contributed by atoms with van der Waals surface area (Å²) in [6, 6.07) is 5.82. The number of nitrogens with zero attached hydrogens (tertiary/aromatic N) is 2. The van der Waals surface area contributed by atoms with Gasteiger partial charge in [0.05, 0.1) is 11.9 Å². The van der Waals surface area contributed by atoms with Crippen molar-refractivity contribution >= 4 is 5.82 Å². The Morgan fingerprint density at radius 1 is 1.43 bits per heavy atom. The smallest absolute Gasteiger partial charge is 0.142 e. The number of nitrogens with two attached hydrogens (primary N) is 1. The van der Waals surface area contributed by atoms with Gasteiger partial charge in [-0.05, 0) is 51.3 Å². The van der Waals surface area contributed by atoms with Crippen LogP contribution in [-0.2, 0) is 4.74 Å². The lowest BCUT2D eigenvalue weighted by Crippen LogP contribution is -2.33. The van der Waals surface area contributed by atoms with Gasteiger partial charge in [0.15, 0.2) is 0 Å². The molecule has 2 aromatic heterocycles. The zero-order valence-electron chi connectivity index (χ0n) is 13.7. The van der Waals surface area contributed by atoms with Crippen LogP contribution in [0.15, 0.2) is 22.8 Å². The molecule has 1 atom stereocenters. The molecule has 0 radical (unpaired) electrons. The number of nitriles is 1. The first-order chi connectivity index (χ1) is 10.9. The Kier molecular flexibility index (Phi) is 3.87. The van der Waals surface area contributed by atoms with Crippen molar-refractivity contribution < 1.29 is 9.15 Å². The summed E-state index contributed by atoms with van der Waals surface area (Å²) < 4.78 is 11.3. The van der Waals surface area contributed by atoms with Gasteiger partial charge in [0, 0.05) is 23.8 Å². The number of hydrogen-bond acceptors (Lipinski definition) is 5. The molecule has 5 heteroatoms. The van der Waals surface area contributed by atoms with Gasteiger partial charge in [-0.25, -0.2) is 4.98 Å². The van der Waals surface area contributed by atoms with Crippen LogP contribution >= 0.6 is 0 Å². The second-order valence-electron chi connectivity index (χ2n) is 6.64. The van der Waals surface area contributed by atoms with Crippen molar-refractivity contribution in [2.45, 2.75) is 45.1 Å². The van der Waals surface area contributed by atoms with Gasteiger partial charge < -0.3 is 14.9 Å². The minimum atomic E-state index is -0.176. The molecule has 1 saturated heterocycles. The first kappa shape index (κ1) is 15.6. The standard InChI is InChI=1S/C18H21N3O2/c1-11-15(14-5-4-7-22-14)13(10-19)17(20)21-16(11)12-6-8-23-18(2,3)9-12/h4-5,7,12H,6,8-9H2,1-3H3,(H2,20,21). The number of aromatic nitrogens is 1. The van der Waals surface area contributed by atoms with Crippen molar-refractivity contribution in [3.05, 3.63) is 35.2 Å². The monoisotopic (exact) mass is 311 g/mol. The number of ether oxygens (including phenoxy) is 1. The first-order valence-corrected chi connectivity index (χ1v) is 7.81. The highest BCUT2D eigenvalue weighted by atomic mass is 16.5. The van der Waals surface area contributed by atoms with Gasteiger partial charge in [0.25, 0.3) is 0 Å². The van der Waals surface area contributed by atoms with Crippen LogP contribution in [0.2, 0.25) is 0 Å². The molecule has 120 valence electrons. The molecular formula is C18H21N3O2. The van der Waals surface area contributed by atoms with E-state index < -0.39 is 0 Å². The van der Waals surface area contributed by atoms with Gasteiger partial charge in [-0.1, -0.05) is 0 Å². The van der Waals surface area contributed by atoms with E-state index in [0.717, 1.165) is 29.7 Å². The van der Waals surface area contributed by atoms with Gasteiger partial charge in [-0.2, -0.15) is 5.26 Å². The van der Waals surface area contributed by atoms with Gasteiger partial charge in [0.2, 0.25) is 0 Å². The third-order valence-electron chi connectivity index (χ3n) is 4.47. The summed E-state index contributed by atoms with van der Waals surface area (Å²) in [4.78, 5) is 4.56. The van der Waals surface area contributed by atoms with Gasteiger partial charge in [-0.3, -0.25) is 0 Å². The van der Waals surface area contributed by atoms with Crippen molar-refractivity contribution in [1.29, 1.82) is 5.26 Å². The van der Waals surface area contributed by atoms with Crippen LogP contribution < -0.4 is 5.73 Å². The molecule has 2 N–H and O–H groups in total. The molecule has 2 aromatic rings. The largest absolute Gasteiger partial charge is 0.464 e. The summed E-state index contributed by atoms with van der Waals surface area (Å²) >= 11 is 0. The molecule has 1 aliphatic heterocycles. The zero-order chi connectivity index (χ0) is 16.6. The Hall–Kier alpha value is -2.32. The van der Waals surface area contributed by atoms with E-state index in [4.69, 9.17) is 14.9 Å². The topological polar surface area (TPSA) is 85.1 Å². The average Bonchev–Trinajstić information content (AvgIpc) is 3.01. The molecule has 1 fully saturated rings. The van der Waals surface area contributed by atoms with Crippen LogP contribution in [0.3, 0.4) is 0 Å². The number of furan rings is 1. The number of hydrogen-bond donors (Lipinski definition) is 1. The van der Waals surface area contributed by atoms with Crippen molar-refractivity contribution in [2.75, 3.05) is 12.3 Å². The lowest BCUT2D eigenvalue weighted by atomic mass is 9.83. The maximum Gasteiger partial charge on any atom is 0.142 e. The SMILES string of the molecule is Cc1c(C2CCOC(C)(C)C2)nc(N)c(C#N)c1-c1ccco1. The Morgan fingerprint density at radius 2 is 2.22 bits per heavy atom. The lowest BCUT2D eigenvalue weighted by molar-refractivity contribution is -0.0598. The molecule has 1 aliphatic rings. The third kappa shape index (κ3) is 2.82. The molecule has 23 heavy (non-hydrogen) atoms. The quantitative estimate of drug-likeness (QED) is 0.912. The normalized spacial score (nSPS) is 20.2. The van der Waals surface area contributed by atoms with E-state index in [1.165, 1.54) is 0 Å². The number of pyridine rings is 1. The van der Waals surface area contributed by atoms with Crippen LogP contribution in [0.5, 0.6) is 0 Å². The Bertz CT molecular complexity index is 758. The lowest BCUT2D eigenvalue weighted by Gasteiger charge is -2.36. The number of nitrogen functional groups attached to an aromatic ring is 1. The molecule has 0 aromatic carbocycles. The van der Waals surface area contributed by atoms with Crippen LogP contribution in [-0.4, -0.2) is 17.2 Å². The van der Waals surface area contributed by atoms with E-state index >= 15 is 0 Å². The second kappa shape index (κ2) is 5.71. The van der Waals surface area contributed by atoms with Crippen LogP contribution in [0.1, 0.15) is 49.4 Å². The minimum Gasteiger partial charge on any atom is -0.464 e. The van der Waals surface area contributed by atoms with Crippen LogP contribution in [0, 0.1) is 18.3 Å². The van der Waals surface area contributed by atoms with Crippen molar-refractivity contribution in [2.24, 2.45) is 0 Å². The fourth-order valence-corrected chi connectivity index (χ4v) is 3.42. The average molecular weight is 311 g/mol. The van der Waals surface area contributed by atoms with E-state index in [0.29, 0.717) is 17.9 Å². The Labute approximate surface area is 136 Å². The van der Waals surface area contributed by atoms with Gasteiger partial charge >= 0.3 is 0 Å². The molecule has 5 nitrogen and oxygen atoms in total. The maximum absolute atomic E-state index is 9.48. The zero-order valence-corrected chi connectivity index (χ0v) is 13.7. The van der Waals surface area contributed by atoms with Crippen molar-refractivity contribution in [3.63, 3.8) is 0 Å². The summed E-state index contributed by atoms with van der Waals surface area (Å²) in [6.07, 6.45) is 3.38. The van der Waals surface area contributed by atoms with Crippen molar-refractivity contribution in [1.82, 2.24) is 4.98 Å². The molecule has 0 amide bonds. The third-order valence-corrected chi connectivity index (χ3v) is 4.47. The number of rotatable bonds is 2. The summed E-state index contributed by atoms with van der Waals surface area (Å²) in [5.74, 6) is 1.19. The Balaban J connectivity index is 2.15. The molecule has 3 heterocycles. The van der Waals surface area contributed by atoms with Crippen LogP contribution in [0.4, 0.5) is 5.82 Å². The highest BCUT2D eigenvalue weighted by Crippen LogP contribution is 2.40. The van der Waals surface area contributed by atoms with Crippen molar-refractivity contribution in [3.8, 4) is 17.4 Å². The number of anilines is 1. The molecule has 3 rings (SSSR count). The fourth-order valence-electron chi connectivity index (χ4n) is 3.42. The molecule has 0 saturated carbocycles. The molecule has 0 spiro atoms. The highest BCUT2D eigenvalue weighted by Gasteiger charge is 2.33. The summed E-state index contributed by atoms with van der Waals surface area (Å²) in [5.41, 5.74) is 8.95. The predicted octanol–water partition coefficient (Wildman–Crippen LogP) is 3.78. The van der Waals surface area contributed by atoms with E-state index in [1.54, 1.807) is 6.26 Å². The van der Waals surface area contributed by atoms with E-state index in [9.17, 15) is 5.26 Å². The second-order valence-corrected chi connectivity index (χ2v) is 6.64. The first-order valence-electron chi connectivity index (χ1n) is 7.81. The highest BCUT2D eigenvalue weighted by molar-refractivity contribution is 5.76. The maximum atomic E-state index is 9.48. The summed E-state index contributed by atoms with van der Waals surface area (Å²) in [5, 5.41) is 9.48. The minimum absolute atomic E-state index is 0.176. The Morgan fingerprint density at radius 3 is 2.83 bits per heavy atom. The van der Waals surface area contributed by atoms with E-state index in [2.05, 4.69) is 24.9 Å². The molecule has 0 aliphatic carbocycles. The van der Waals surface area contributed by atoms with Gasteiger partial charge in [-0.15, -0.1) is 0 Å².